The highest BCUT2D eigenvalue weighted by molar-refractivity contribution is 6.10. The summed E-state index contributed by atoms with van der Waals surface area (Å²) in [6, 6.07) is 34.8. The van der Waals surface area contributed by atoms with Gasteiger partial charge in [-0.1, -0.05) is 182 Å². The molecule has 10 rings (SSSR count). The topological polar surface area (TPSA) is 43.6 Å². The lowest BCUT2D eigenvalue weighted by molar-refractivity contribution is 1.07. The predicted molar refractivity (Wildman–Crippen MR) is 227 cm³/mol. The van der Waals surface area contributed by atoms with Gasteiger partial charge in [0.2, 0.25) is 0 Å². The Hall–Kier alpha value is -7.43. The molecule has 0 amide bonds. The van der Waals surface area contributed by atoms with E-state index in [-0.39, 0.29) is 38.8 Å². The van der Waals surface area contributed by atoms with Gasteiger partial charge in [-0.3, -0.25) is 0 Å². The molecule has 55 heavy (non-hydrogen) atoms. The van der Waals surface area contributed by atoms with Crippen molar-refractivity contribution in [3.8, 4) is 73.2 Å². The van der Waals surface area contributed by atoms with Crippen LogP contribution in [0, 0.1) is 0 Å². The van der Waals surface area contributed by atoms with Gasteiger partial charge in [0.1, 0.15) is 0 Å². The molecule has 0 bridgehead atoms. The fourth-order valence-corrected chi connectivity index (χ4v) is 6.76. The summed E-state index contributed by atoms with van der Waals surface area (Å²) in [7, 11) is 0. The van der Waals surface area contributed by atoms with Crippen LogP contribution in [-0.2, 0) is 0 Å². The molecule has 10 aromatic rings. The van der Waals surface area contributed by atoms with Crippen molar-refractivity contribution in [2.24, 2.45) is 0 Å². The van der Waals surface area contributed by atoms with Crippen molar-refractivity contribution in [2.45, 2.75) is 0 Å². The normalized spacial score (nSPS) is 14.3. The van der Waals surface area contributed by atoms with Crippen LogP contribution in [0.2, 0.25) is 0 Å². The van der Waals surface area contributed by atoms with Gasteiger partial charge < -0.3 is 4.57 Å². The van der Waals surface area contributed by atoms with Gasteiger partial charge >= 0.3 is 0 Å². The van der Waals surface area contributed by atoms with Crippen LogP contribution in [-0.4, -0.2) is 19.5 Å². The van der Waals surface area contributed by atoms with Crippen LogP contribution in [0.15, 0.2) is 206 Å². The first-order chi connectivity index (χ1) is 32.3. The van der Waals surface area contributed by atoms with Crippen LogP contribution >= 0.6 is 0 Å². The maximum absolute atomic E-state index is 9.92. The molecule has 8 aromatic carbocycles. The summed E-state index contributed by atoms with van der Waals surface area (Å²) in [6.45, 7) is 0. The highest BCUT2D eigenvalue weighted by Gasteiger charge is 2.18. The fraction of sp³-hybridized carbons (Fsp3) is 0. The van der Waals surface area contributed by atoms with Crippen LogP contribution in [0.5, 0.6) is 0 Å². The van der Waals surface area contributed by atoms with Gasteiger partial charge in [0.15, 0.2) is 17.5 Å². The number of aromatic nitrogens is 4. The number of rotatable bonds is 7. The van der Waals surface area contributed by atoms with Gasteiger partial charge in [0, 0.05) is 33.2 Å². The summed E-state index contributed by atoms with van der Waals surface area (Å²) >= 11 is 0. The lowest BCUT2D eigenvalue weighted by Gasteiger charge is -2.13. The van der Waals surface area contributed by atoms with E-state index in [1.54, 1.807) is 24.3 Å². The van der Waals surface area contributed by atoms with Crippen molar-refractivity contribution < 1.29 is 16.4 Å². The lowest BCUT2D eigenvalue weighted by Crippen LogP contribution is -2.01. The molecule has 2 heterocycles. The number of benzene rings is 8. The molecule has 0 fully saturated rings. The van der Waals surface area contributed by atoms with Crippen molar-refractivity contribution in [2.75, 3.05) is 0 Å². The number of fused-ring (bicyclic) bond motifs is 3. The summed E-state index contributed by atoms with van der Waals surface area (Å²) < 4.78 is 108. The van der Waals surface area contributed by atoms with Crippen LogP contribution in [0.3, 0.4) is 0 Å². The van der Waals surface area contributed by atoms with Crippen LogP contribution in [0.4, 0.5) is 0 Å². The molecule has 0 aliphatic rings. The Morgan fingerprint density at radius 1 is 0.345 bits per heavy atom. The standard InChI is InChI=1S/C51H34N4/c1-4-14-35(15-5-1)37-24-28-39(29-25-37)49-52-50(40-30-26-38(27-31-40)36-16-6-2-7-17-36)54-51(53-49)46-22-11-10-20-43(46)41-32-33-45-44-21-12-13-23-47(44)55(48(45)34-41)42-18-8-3-9-19-42/h1-34H/i3D,8D,9D,12D,13D,18D,19D,21D,23D,32D,33D,34D. The van der Waals surface area contributed by atoms with Crippen molar-refractivity contribution >= 4 is 21.8 Å². The number of hydrogen-bond donors (Lipinski definition) is 0. The summed E-state index contributed by atoms with van der Waals surface area (Å²) in [5, 5.41) is -0.448. The van der Waals surface area contributed by atoms with Crippen LogP contribution in [0.25, 0.3) is 95.0 Å². The molecular weight excluding hydrogens is 669 g/mol. The smallest absolute Gasteiger partial charge is 0.164 e. The van der Waals surface area contributed by atoms with Crippen LogP contribution < -0.4 is 0 Å². The van der Waals surface area contributed by atoms with E-state index >= 15 is 0 Å². The number of hydrogen-bond acceptors (Lipinski definition) is 3. The zero-order valence-corrected chi connectivity index (χ0v) is 29.0. The first-order valence-corrected chi connectivity index (χ1v) is 17.6. The predicted octanol–water partition coefficient (Wildman–Crippen LogP) is 13.0. The lowest BCUT2D eigenvalue weighted by atomic mass is 9.97. The Morgan fingerprint density at radius 3 is 1.44 bits per heavy atom. The highest BCUT2D eigenvalue weighted by Crippen LogP contribution is 2.38. The van der Waals surface area contributed by atoms with Crippen molar-refractivity contribution in [1.82, 2.24) is 19.5 Å². The van der Waals surface area contributed by atoms with E-state index in [0.717, 1.165) is 26.8 Å². The maximum atomic E-state index is 9.92. The first-order valence-electron chi connectivity index (χ1n) is 23.6. The molecule has 4 heteroatoms. The molecule has 0 aliphatic carbocycles. The second kappa shape index (κ2) is 13.8. The van der Waals surface area contributed by atoms with E-state index in [1.807, 2.05) is 109 Å². The molecule has 4 nitrogen and oxygen atoms in total. The van der Waals surface area contributed by atoms with Gasteiger partial charge in [-0.25, -0.2) is 15.0 Å². The Labute approximate surface area is 336 Å². The van der Waals surface area contributed by atoms with Crippen molar-refractivity contribution in [1.29, 1.82) is 0 Å². The minimum absolute atomic E-state index is 0.109. The Kier molecular flexibility index (Phi) is 5.52. The molecule has 0 spiro atoms. The average molecular weight is 715 g/mol. The van der Waals surface area contributed by atoms with Crippen molar-refractivity contribution in [3.63, 3.8) is 0 Å². The fourth-order valence-electron chi connectivity index (χ4n) is 6.76. The summed E-state index contributed by atoms with van der Waals surface area (Å²) in [6.07, 6.45) is 0. The van der Waals surface area contributed by atoms with E-state index in [1.165, 1.54) is 0 Å². The minimum Gasteiger partial charge on any atom is -0.309 e. The molecule has 2 aromatic heterocycles. The van der Waals surface area contributed by atoms with Gasteiger partial charge in [0.25, 0.3) is 0 Å². The maximum Gasteiger partial charge on any atom is 0.164 e. The Morgan fingerprint density at radius 2 is 0.818 bits per heavy atom. The SMILES string of the molecule is [2H]c1c([2H])c([2H])c(-n2c3c([2H])c([2H])c([2H])c([2H])c3c3c([2H])c([2H])c(-c4ccccc4-c4nc(-c5ccc(-c6ccccc6)cc5)nc(-c5ccc(-c6ccccc6)cc5)n4)c([2H])c32)c([2H])c1[2H]. The average Bonchev–Trinajstić information content (AvgIpc) is 3.72. The third-order valence-electron chi connectivity index (χ3n) is 9.44. The second-order valence-electron chi connectivity index (χ2n) is 12.7. The largest absolute Gasteiger partial charge is 0.309 e. The summed E-state index contributed by atoms with van der Waals surface area (Å²) in [5.41, 5.74) is 4.85. The van der Waals surface area contributed by atoms with Gasteiger partial charge in [0.05, 0.1) is 27.5 Å². The molecule has 0 aliphatic heterocycles. The van der Waals surface area contributed by atoms with Crippen molar-refractivity contribution in [3.05, 3.63) is 206 Å². The van der Waals surface area contributed by atoms with E-state index in [4.69, 9.17) is 27.3 Å². The minimum atomic E-state index is -0.710. The first kappa shape index (κ1) is 21.9. The molecule has 258 valence electrons. The molecule has 0 saturated carbocycles. The second-order valence-corrected chi connectivity index (χ2v) is 12.7. The summed E-state index contributed by atoms with van der Waals surface area (Å²) in [5.74, 6) is 0.839. The zero-order chi connectivity index (χ0) is 47.0. The Balaban J connectivity index is 1.24. The van der Waals surface area contributed by atoms with E-state index in [0.29, 0.717) is 28.3 Å². The molecule has 0 saturated heterocycles. The molecule has 0 N–H and O–H groups in total. The third-order valence-corrected chi connectivity index (χ3v) is 9.44. The van der Waals surface area contributed by atoms with E-state index in [9.17, 15) is 4.11 Å². The highest BCUT2D eigenvalue weighted by atomic mass is 15.0. The zero-order valence-electron chi connectivity index (χ0n) is 41.0. The van der Waals surface area contributed by atoms with Crippen LogP contribution in [0.1, 0.15) is 16.4 Å². The quantitative estimate of drug-likeness (QED) is 0.165. The summed E-state index contributed by atoms with van der Waals surface area (Å²) in [4.78, 5) is 14.9. The van der Waals surface area contributed by atoms with Gasteiger partial charge in [-0.2, -0.15) is 0 Å². The molecular formula is C51H34N4. The third kappa shape index (κ3) is 6.06. The molecule has 0 radical (unpaired) electrons. The number of nitrogens with zero attached hydrogens (tertiary/aromatic N) is 4. The van der Waals surface area contributed by atoms with E-state index < -0.39 is 78.2 Å². The monoisotopic (exact) mass is 714 g/mol. The van der Waals surface area contributed by atoms with Gasteiger partial charge in [-0.05, 0) is 57.6 Å². The van der Waals surface area contributed by atoms with Gasteiger partial charge in [-0.15, -0.1) is 0 Å². The Bertz CT molecular complexity index is 3510. The number of para-hydroxylation sites is 2. The molecule has 0 atom stereocenters. The van der Waals surface area contributed by atoms with E-state index in [2.05, 4.69) is 0 Å². The molecule has 0 unspecified atom stereocenters.